The predicted octanol–water partition coefficient (Wildman–Crippen LogP) is 12.9. The minimum atomic E-state index is 0.619. The molecule has 0 atom stereocenters. The Morgan fingerprint density at radius 2 is 1.04 bits per heavy atom. The average Bonchev–Trinajstić information content (AvgIpc) is 3.62. The van der Waals surface area contributed by atoms with Crippen molar-refractivity contribution in [2.45, 2.75) is 12.8 Å². The molecular formula is C49H31N3O. The van der Waals surface area contributed by atoms with Gasteiger partial charge in [-0.2, -0.15) is 0 Å². The number of hydrogen-bond acceptors (Lipinski definition) is 4. The van der Waals surface area contributed by atoms with E-state index >= 15 is 0 Å². The Labute approximate surface area is 305 Å². The SMILES string of the molecule is C1=Cc2c(oc3c(-c4cccc5ccccc45)ccc(-c4nc(-c5ccc6ccccc6c5)nc(-c5ccc6ccc7ccccc7c6c5)n4)c23)CC1. The second-order valence-electron chi connectivity index (χ2n) is 13.9. The highest BCUT2D eigenvalue weighted by molar-refractivity contribution is 6.11. The maximum absolute atomic E-state index is 6.83. The Morgan fingerprint density at radius 1 is 0.434 bits per heavy atom. The zero-order valence-electron chi connectivity index (χ0n) is 28.8. The zero-order valence-corrected chi connectivity index (χ0v) is 28.8. The number of nitrogens with zero attached hydrogens (tertiary/aromatic N) is 3. The molecule has 8 aromatic carbocycles. The molecule has 0 aliphatic heterocycles. The summed E-state index contributed by atoms with van der Waals surface area (Å²) >= 11 is 0. The number of fused-ring (bicyclic) bond motifs is 8. The molecular weight excluding hydrogens is 647 g/mol. The molecule has 0 radical (unpaired) electrons. The summed E-state index contributed by atoms with van der Waals surface area (Å²) in [5.74, 6) is 2.88. The van der Waals surface area contributed by atoms with Gasteiger partial charge in [0.1, 0.15) is 11.3 Å². The first-order chi connectivity index (χ1) is 26.2. The van der Waals surface area contributed by atoms with Crippen LogP contribution in [0.3, 0.4) is 0 Å². The first kappa shape index (κ1) is 29.8. The van der Waals surface area contributed by atoms with Gasteiger partial charge in [0.25, 0.3) is 0 Å². The third kappa shape index (κ3) is 4.87. The van der Waals surface area contributed by atoms with Crippen molar-refractivity contribution < 1.29 is 4.42 Å². The van der Waals surface area contributed by atoms with E-state index in [9.17, 15) is 0 Å². The molecule has 4 nitrogen and oxygen atoms in total. The third-order valence-electron chi connectivity index (χ3n) is 10.7. The molecule has 0 bridgehead atoms. The van der Waals surface area contributed by atoms with Gasteiger partial charge in [-0.3, -0.25) is 0 Å². The summed E-state index contributed by atoms with van der Waals surface area (Å²) in [5, 5.41) is 10.5. The van der Waals surface area contributed by atoms with E-state index in [1.54, 1.807) is 0 Å². The molecule has 4 heteroatoms. The molecule has 0 spiro atoms. The van der Waals surface area contributed by atoms with E-state index in [2.05, 4.69) is 164 Å². The van der Waals surface area contributed by atoms with Crippen LogP contribution >= 0.6 is 0 Å². The lowest BCUT2D eigenvalue weighted by Crippen LogP contribution is -2.01. The van der Waals surface area contributed by atoms with E-state index in [0.717, 1.165) is 68.3 Å². The standard InChI is InChI=1S/C49H31N3O/c1-2-13-34-28-35(24-20-30(34)10-1)47-50-48(36-25-23-33-22-21-32-12-4-6-16-38(32)43(33)29-36)52-49(51-47)42-27-26-40(39-18-9-14-31-11-3-5-15-37(31)39)46-45(42)41-17-7-8-19-44(41)53-46/h1-7,9-18,20-29H,8,19H2. The highest BCUT2D eigenvalue weighted by Gasteiger charge is 2.24. The van der Waals surface area contributed by atoms with Gasteiger partial charge in [0.15, 0.2) is 17.5 Å². The van der Waals surface area contributed by atoms with Gasteiger partial charge in [0.2, 0.25) is 0 Å². The summed E-state index contributed by atoms with van der Waals surface area (Å²) in [6.07, 6.45) is 6.25. The molecule has 0 unspecified atom stereocenters. The number of benzene rings is 8. The molecule has 0 N–H and O–H groups in total. The molecule has 10 aromatic rings. The van der Waals surface area contributed by atoms with Crippen LogP contribution in [-0.2, 0) is 6.42 Å². The van der Waals surface area contributed by atoms with Crippen molar-refractivity contribution >= 4 is 60.1 Å². The summed E-state index contributed by atoms with van der Waals surface area (Å²) in [4.78, 5) is 15.7. The fourth-order valence-corrected chi connectivity index (χ4v) is 8.13. The molecule has 0 amide bonds. The van der Waals surface area contributed by atoms with Gasteiger partial charge in [-0.05, 0) is 79.3 Å². The van der Waals surface area contributed by atoms with Crippen LogP contribution in [0.15, 0.2) is 162 Å². The lowest BCUT2D eigenvalue weighted by atomic mass is 9.93. The monoisotopic (exact) mass is 677 g/mol. The lowest BCUT2D eigenvalue weighted by Gasteiger charge is -2.13. The molecule has 0 saturated carbocycles. The number of rotatable bonds is 4. The Balaban J connectivity index is 1.18. The molecule has 2 aromatic heterocycles. The van der Waals surface area contributed by atoms with Crippen LogP contribution in [0.4, 0.5) is 0 Å². The van der Waals surface area contributed by atoms with Gasteiger partial charge in [0.05, 0.1) is 0 Å². The van der Waals surface area contributed by atoms with Crippen molar-refractivity contribution in [1.29, 1.82) is 0 Å². The fourth-order valence-electron chi connectivity index (χ4n) is 8.13. The molecule has 248 valence electrons. The number of aromatic nitrogens is 3. The molecule has 2 heterocycles. The van der Waals surface area contributed by atoms with Gasteiger partial charge in [0, 0.05) is 39.6 Å². The second kappa shape index (κ2) is 11.8. The summed E-state index contributed by atoms with van der Waals surface area (Å²) in [7, 11) is 0. The number of aryl methyl sites for hydroxylation is 1. The lowest BCUT2D eigenvalue weighted by molar-refractivity contribution is 0.547. The van der Waals surface area contributed by atoms with Crippen LogP contribution in [0.5, 0.6) is 0 Å². The average molecular weight is 678 g/mol. The maximum Gasteiger partial charge on any atom is 0.164 e. The Bertz CT molecular complexity index is 3130. The van der Waals surface area contributed by atoms with Crippen LogP contribution in [0, 0.1) is 0 Å². The van der Waals surface area contributed by atoms with E-state index in [4.69, 9.17) is 19.4 Å². The van der Waals surface area contributed by atoms with Crippen LogP contribution < -0.4 is 0 Å². The van der Waals surface area contributed by atoms with Crippen LogP contribution in [-0.4, -0.2) is 15.0 Å². The Morgan fingerprint density at radius 3 is 1.87 bits per heavy atom. The Hall–Kier alpha value is -6.91. The van der Waals surface area contributed by atoms with Crippen molar-refractivity contribution in [3.05, 3.63) is 169 Å². The summed E-state index contributed by atoms with van der Waals surface area (Å²) in [6, 6.07) is 53.6. The molecule has 0 saturated heterocycles. The summed E-state index contributed by atoms with van der Waals surface area (Å²) in [6.45, 7) is 0. The predicted molar refractivity (Wildman–Crippen MR) is 219 cm³/mol. The van der Waals surface area contributed by atoms with Crippen molar-refractivity contribution in [1.82, 2.24) is 15.0 Å². The largest absolute Gasteiger partial charge is 0.460 e. The van der Waals surface area contributed by atoms with Gasteiger partial charge >= 0.3 is 0 Å². The van der Waals surface area contributed by atoms with Crippen LogP contribution in [0.1, 0.15) is 17.7 Å². The normalized spacial score (nSPS) is 12.7. The van der Waals surface area contributed by atoms with Crippen LogP contribution in [0.2, 0.25) is 0 Å². The van der Waals surface area contributed by atoms with E-state index in [0.29, 0.717) is 17.5 Å². The third-order valence-corrected chi connectivity index (χ3v) is 10.7. The minimum Gasteiger partial charge on any atom is -0.460 e. The highest BCUT2D eigenvalue weighted by atomic mass is 16.3. The maximum atomic E-state index is 6.83. The van der Waals surface area contributed by atoms with Gasteiger partial charge < -0.3 is 4.42 Å². The molecule has 0 fully saturated rings. The molecule has 1 aliphatic carbocycles. The van der Waals surface area contributed by atoms with Crippen molar-refractivity contribution in [2.24, 2.45) is 0 Å². The van der Waals surface area contributed by atoms with E-state index in [1.807, 2.05) is 0 Å². The van der Waals surface area contributed by atoms with E-state index in [-0.39, 0.29) is 0 Å². The molecule has 11 rings (SSSR count). The topological polar surface area (TPSA) is 51.8 Å². The summed E-state index contributed by atoms with van der Waals surface area (Å²) in [5.41, 5.74) is 6.99. The van der Waals surface area contributed by atoms with E-state index < -0.39 is 0 Å². The van der Waals surface area contributed by atoms with Gasteiger partial charge in [-0.15, -0.1) is 0 Å². The van der Waals surface area contributed by atoms with Gasteiger partial charge in [-0.25, -0.2) is 15.0 Å². The second-order valence-corrected chi connectivity index (χ2v) is 13.9. The number of allylic oxidation sites excluding steroid dienone is 1. The number of furan rings is 1. The van der Waals surface area contributed by atoms with Gasteiger partial charge in [-0.1, -0.05) is 140 Å². The quantitative estimate of drug-likeness (QED) is 0.174. The fraction of sp³-hybridized carbons (Fsp3) is 0.0408. The van der Waals surface area contributed by atoms with Crippen LogP contribution in [0.25, 0.3) is 105 Å². The first-order valence-corrected chi connectivity index (χ1v) is 18.2. The molecule has 1 aliphatic rings. The zero-order chi connectivity index (χ0) is 34.9. The molecule has 53 heavy (non-hydrogen) atoms. The first-order valence-electron chi connectivity index (χ1n) is 18.2. The van der Waals surface area contributed by atoms with Crippen molar-refractivity contribution in [3.8, 4) is 45.3 Å². The summed E-state index contributed by atoms with van der Waals surface area (Å²) < 4.78 is 6.83. The Kier molecular flexibility index (Phi) is 6.65. The van der Waals surface area contributed by atoms with Crippen molar-refractivity contribution in [3.63, 3.8) is 0 Å². The highest BCUT2D eigenvalue weighted by Crippen LogP contribution is 2.44. The minimum absolute atomic E-state index is 0.619. The number of hydrogen-bond donors (Lipinski definition) is 0. The van der Waals surface area contributed by atoms with E-state index in [1.165, 1.54) is 37.7 Å². The van der Waals surface area contributed by atoms with Crippen molar-refractivity contribution in [2.75, 3.05) is 0 Å². The smallest absolute Gasteiger partial charge is 0.164 e.